The third-order valence-corrected chi connectivity index (χ3v) is 3.81. The van der Waals surface area contributed by atoms with Crippen LogP contribution in [-0.4, -0.2) is 0 Å². The fraction of sp³-hybridized carbons (Fsp3) is 0.105. The molecule has 0 N–H and O–H groups in total. The summed E-state index contributed by atoms with van der Waals surface area (Å²) in [6, 6.07) is 14.9. The number of rotatable bonds is 3. The molecule has 0 bridgehead atoms. The summed E-state index contributed by atoms with van der Waals surface area (Å²) in [5.74, 6) is 0.663. The lowest BCUT2D eigenvalue weighted by atomic mass is 10.1. The Morgan fingerprint density at radius 2 is 1.74 bits per heavy atom. The van der Waals surface area contributed by atoms with Crippen molar-refractivity contribution < 1.29 is 13.6 Å². The van der Waals surface area contributed by atoms with Crippen LogP contribution in [0.4, 0.5) is 0 Å². The van der Waals surface area contributed by atoms with Gasteiger partial charge in [-0.05, 0) is 24.6 Å². The molecule has 4 aromatic rings. The number of aryl methyl sites for hydroxylation is 1. The summed E-state index contributed by atoms with van der Waals surface area (Å²) >= 11 is 0. The Hall–Kier alpha value is -3.01. The Labute approximate surface area is 131 Å². The van der Waals surface area contributed by atoms with Gasteiger partial charge in [0.25, 0.3) is 0 Å². The number of ether oxygens (including phenoxy) is 1. The molecule has 0 atom stereocenters. The number of fused-ring (bicyclic) bond motifs is 2. The third-order valence-electron chi connectivity index (χ3n) is 3.81. The van der Waals surface area contributed by atoms with Gasteiger partial charge in [-0.15, -0.1) is 0 Å². The molecule has 0 unspecified atom stereocenters. The standard InChI is InChI=1S/C19H14O4/c1-12-2-4-13(5-3-12)11-22-19-14-6-7-18(20)23-17(14)10-16-15(19)8-9-21-16/h2-10H,11H2,1H3. The quantitative estimate of drug-likeness (QED) is 0.525. The van der Waals surface area contributed by atoms with Crippen molar-refractivity contribution in [1.82, 2.24) is 0 Å². The summed E-state index contributed by atoms with van der Waals surface area (Å²) in [6.45, 7) is 2.48. The van der Waals surface area contributed by atoms with E-state index >= 15 is 0 Å². The van der Waals surface area contributed by atoms with Crippen LogP contribution < -0.4 is 10.4 Å². The van der Waals surface area contributed by atoms with Gasteiger partial charge in [0.2, 0.25) is 0 Å². The van der Waals surface area contributed by atoms with Crippen molar-refractivity contribution in [1.29, 1.82) is 0 Å². The minimum absolute atomic E-state index is 0.395. The van der Waals surface area contributed by atoms with Crippen LogP contribution in [0.25, 0.3) is 21.9 Å². The van der Waals surface area contributed by atoms with E-state index in [-0.39, 0.29) is 0 Å². The number of benzene rings is 2. The maximum atomic E-state index is 11.4. The van der Waals surface area contributed by atoms with Gasteiger partial charge in [0.1, 0.15) is 23.5 Å². The zero-order chi connectivity index (χ0) is 15.8. The van der Waals surface area contributed by atoms with Crippen LogP contribution >= 0.6 is 0 Å². The molecule has 4 rings (SSSR count). The molecule has 0 amide bonds. The maximum Gasteiger partial charge on any atom is 0.336 e. The molecule has 4 heteroatoms. The molecule has 0 aliphatic rings. The van der Waals surface area contributed by atoms with E-state index in [1.54, 1.807) is 18.4 Å². The molecule has 0 fully saturated rings. The van der Waals surface area contributed by atoms with Crippen molar-refractivity contribution in [2.24, 2.45) is 0 Å². The van der Waals surface area contributed by atoms with Crippen molar-refractivity contribution >= 4 is 21.9 Å². The first kappa shape index (κ1) is 13.6. The van der Waals surface area contributed by atoms with Crippen LogP contribution in [-0.2, 0) is 6.61 Å². The van der Waals surface area contributed by atoms with Gasteiger partial charge in [-0.2, -0.15) is 0 Å². The second-order valence-electron chi connectivity index (χ2n) is 5.48. The summed E-state index contributed by atoms with van der Waals surface area (Å²) in [6.07, 6.45) is 1.60. The first-order valence-corrected chi connectivity index (χ1v) is 7.33. The Balaban J connectivity index is 1.81. The molecule has 2 aromatic heterocycles. The average Bonchev–Trinajstić information content (AvgIpc) is 3.01. The smallest absolute Gasteiger partial charge is 0.336 e. The van der Waals surface area contributed by atoms with Gasteiger partial charge in [0.15, 0.2) is 0 Å². The number of hydrogen-bond donors (Lipinski definition) is 0. The van der Waals surface area contributed by atoms with E-state index in [0.29, 0.717) is 23.5 Å². The predicted octanol–water partition coefficient (Wildman–Crippen LogP) is 4.43. The van der Waals surface area contributed by atoms with E-state index in [1.807, 2.05) is 37.3 Å². The zero-order valence-corrected chi connectivity index (χ0v) is 12.5. The van der Waals surface area contributed by atoms with Gasteiger partial charge in [-0.25, -0.2) is 4.79 Å². The predicted molar refractivity (Wildman–Crippen MR) is 87.8 cm³/mol. The van der Waals surface area contributed by atoms with Crippen molar-refractivity contribution in [3.05, 3.63) is 76.3 Å². The summed E-state index contributed by atoms with van der Waals surface area (Å²) < 4.78 is 16.7. The topological polar surface area (TPSA) is 52.6 Å². The molecule has 2 aromatic carbocycles. The lowest BCUT2D eigenvalue weighted by molar-refractivity contribution is 0.313. The molecule has 23 heavy (non-hydrogen) atoms. The van der Waals surface area contributed by atoms with E-state index in [0.717, 1.165) is 16.3 Å². The highest BCUT2D eigenvalue weighted by molar-refractivity contribution is 6.01. The van der Waals surface area contributed by atoms with Crippen LogP contribution in [0.3, 0.4) is 0 Å². The van der Waals surface area contributed by atoms with Crippen LogP contribution in [0.1, 0.15) is 11.1 Å². The summed E-state index contributed by atoms with van der Waals surface area (Å²) in [5.41, 5.74) is 2.97. The second-order valence-corrected chi connectivity index (χ2v) is 5.48. The average molecular weight is 306 g/mol. The van der Waals surface area contributed by atoms with Gasteiger partial charge in [0, 0.05) is 12.1 Å². The lowest BCUT2D eigenvalue weighted by Gasteiger charge is -2.10. The van der Waals surface area contributed by atoms with E-state index in [4.69, 9.17) is 13.6 Å². The number of hydrogen-bond acceptors (Lipinski definition) is 4. The maximum absolute atomic E-state index is 11.4. The Morgan fingerprint density at radius 1 is 0.957 bits per heavy atom. The highest BCUT2D eigenvalue weighted by Gasteiger charge is 2.13. The van der Waals surface area contributed by atoms with Crippen molar-refractivity contribution in [2.75, 3.05) is 0 Å². The van der Waals surface area contributed by atoms with Gasteiger partial charge < -0.3 is 13.6 Å². The van der Waals surface area contributed by atoms with Crippen molar-refractivity contribution in [2.45, 2.75) is 13.5 Å². The van der Waals surface area contributed by atoms with E-state index in [1.165, 1.54) is 11.6 Å². The third kappa shape index (κ3) is 2.48. The van der Waals surface area contributed by atoms with Gasteiger partial charge in [-0.1, -0.05) is 29.8 Å². The molecule has 0 saturated carbocycles. The van der Waals surface area contributed by atoms with Crippen LogP contribution in [0.5, 0.6) is 5.75 Å². The van der Waals surface area contributed by atoms with Gasteiger partial charge in [0.05, 0.1) is 17.0 Å². The molecule has 0 aliphatic heterocycles. The van der Waals surface area contributed by atoms with Crippen molar-refractivity contribution in [3.63, 3.8) is 0 Å². The van der Waals surface area contributed by atoms with Crippen molar-refractivity contribution in [3.8, 4) is 5.75 Å². The lowest BCUT2D eigenvalue weighted by Crippen LogP contribution is -1.99. The highest BCUT2D eigenvalue weighted by Crippen LogP contribution is 2.35. The molecule has 0 radical (unpaired) electrons. The van der Waals surface area contributed by atoms with Crippen LogP contribution in [0.15, 0.2) is 68.4 Å². The molecule has 2 heterocycles. The van der Waals surface area contributed by atoms with Gasteiger partial charge >= 0.3 is 5.63 Å². The summed E-state index contributed by atoms with van der Waals surface area (Å²) in [7, 11) is 0. The number of furan rings is 1. The normalized spacial score (nSPS) is 11.2. The SMILES string of the molecule is Cc1ccc(COc2c3ccoc3cc3oc(=O)ccc23)cc1. The van der Waals surface area contributed by atoms with Gasteiger partial charge in [-0.3, -0.25) is 0 Å². The first-order valence-electron chi connectivity index (χ1n) is 7.33. The molecular weight excluding hydrogens is 292 g/mol. The minimum atomic E-state index is -0.395. The molecule has 0 aliphatic carbocycles. The van der Waals surface area contributed by atoms with E-state index in [9.17, 15) is 4.79 Å². The van der Waals surface area contributed by atoms with E-state index < -0.39 is 5.63 Å². The van der Waals surface area contributed by atoms with Crippen LogP contribution in [0, 0.1) is 6.92 Å². The highest BCUT2D eigenvalue weighted by atomic mass is 16.5. The summed E-state index contributed by atoms with van der Waals surface area (Å²) in [5, 5.41) is 1.61. The Bertz CT molecular complexity index is 1040. The molecule has 114 valence electrons. The fourth-order valence-corrected chi connectivity index (χ4v) is 2.61. The fourth-order valence-electron chi connectivity index (χ4n) is 2.61. The minimum Gasteiger partial charge on any atom is -0.487 e. The Kier molecular flexibility index (Phi) is 3.15. The molecular formula is C19H14O4. The van der Waals surface area contributed by atoms with Crippen LogP contribution in [0.2, 0.25) is 0 Å². The molecule has 4 nitrogen and oxygen atoms in total. The second kappa shape index (κ2) is 5.32. The first-order chi connectivity index (χ1) is 11.2. The molecule has 0 spiro atoms. The molecule has 0 saturated heterocycles. The summed E-state index contributed by atoms with van der Waals surface area (Å²) in [4.78, 5) is 11.4. The largest absolute Gasteiger partial charge is 0.487 e. The zero-order valence-electron chi connectivity index (χ0n) is 12.5. The van der Waals surface area contributed by atoms with E-state index in [2.05, 4.69) is 0 Å². The monoisotopic (exact) mass is 306 g/mol. The Morgan fingerprint density at radius 3 is 2.57 bits per heavy atom.